The zero-order valence-corrected chi connectivity index (χ0v) is 14.4. The highest BCUT2D eigenvalue weighted by Crippen LogP contribution is 2.21. The monoisotopic (exact) mass is 324 g/mol. The maximum Gasteiger partial charge on any atom is 0.240 e. The van der Waals surface area contributed by atoms with Gasteiger partial charge in [-0.05, 0) is 37.4 Å². The molecule has 0 unspecified atom stereocenters. The Kier molecular flexibility index (Phi) is 7.09. The van der Waals surface area contributed by atoms with Crippen LogP contribution in [0.15, 0.2) is 0 Å². The molecule has 0 spiro atoms. The van der Waals surface area contributed by atoms with E-state index in [0.717, 1.165) is 25.2 Å². The Morgan fingerprint density at radius 2 is 2.00 bits per heavy atom. The second-order valence-corrected chi connectivity index (χ2v) is 6.68. The molecule has 1 fully saturated rings. The van der Waals surface area contributed by atoms with Crippen LogP contribution in [0.3, 0.4) is 0 Å². The van der Waals surface area contributed by atoms with E-state index >= 15 is 0 Å². The average Bonchev–Trinajstić information content (AvgIpc) is 2.79. The summed E-state index contributed by atoms with van der Waals surface area (Å²) in [6.45, 7) is 3.17. The standard InChI is InChI=1S/C16H28N4OS/c1-2-8-14-18-19-16(22)20(14)12-15(21)17-11-13-9-6-4-3-5-7-10-13/h13H,2-12H2,1H3,(H,17,21)(H,19,22). The first kappa shape index (κ1) is 17.2. The van der Waals surface area contributed by atoms with Gasteiger partial charge in [0, 0.05) is 13.0 Å². The minimum Gasteiger partial charge on any atom is -0.354 e. The third kappa shape index (κ3) is 5.23. The second kappa shape index (κ2) is 9.08. The summed E-state index contributed by atoms with van der Waals surface area (Å²) in [5.41, 5.74) is 0. The third-order valence-corrected chi connectivity index (χ3v) is 4.74. The van der Waals surface area contributed by atoms with Crippen LogP contribution >= 0.6 is 12.2 Å². The van der Waals surface area contributed by atoms with Gasteiger partial charge in [0.25, 0.3) is 0 Å². The summed E-state index contributed by atoms with van der Waals surface area (Å²) >= 11 is 5.21. The van der Waals surface area contributed by atoms with E-state index in [1.807, 2.05) is 4.57 Å². The van der Waals surface area contributed by atoms with E-state index in [1.165, 1.54) is 44.9 Å². The maximum atomic E-state index is 12.2. The molecule has 22 heavy (non-hydrogen) atoms. The highest BCUT2D eigenvalue weighted by Gasteiger charge is 2.14. The summed E-state index contributed by atoms with van der Waals surface area (Å²) in [4.78, 5) is 12.2. The molecule has 1 aliphatic carbocycles. The molecular weight excluding hydrogens is 296 g/mol. The van der Waals surface area contributed by atoms with Gasteiger partial charge in [-0.1, -0.05) is 39.0 Å². The molecule has 0 atom stereocenters. The molecule has 2 N–H and O–H groups in total. The van der Waals surface area contributed by atoms with Crippen LogP contribution < -0.4 is 5.32 Å². The first-order chi connectivity index (χ1) is 10.7. The van der Waals surface area contributed by atoms with Gasteiger partial charge in [0.15, 0.2) is 4.77 Å². The number of aromatic nitrogens is 3. The Labute approximate surface area is 137 Å². The summed E-state index contributed by atoms with van der Waals surface area (Å²) < 4.78 is 2.34. The van der Waals surface area contributed by atoms with Crippen molar-refractivity contribution in [3.05, 3.63) is 10.6 Å². The summed E-state index contributed by atoms with van der Waals surface area (Å²) in [6.07, 6.45) is 11.0. The lowest BCUT2D eigenvalue weighted by atomic mass is 9.91. The fraction of sp³-hybridized carbons (Fsp3) is 0.812. The van der Waals surface area contributed by atoms with Crippen LogP contribution in [0, 0.1) is 10.7 Å². The lowest BCUT2D eigenvalue weighted by Gasteiger charge is -2.20. The van der Waals surface area contributed by atoms with Crippen LogP contribution in [0.5, 0.6) is 0 Å². The van der Waals surface area contributed by atoms with Crippen molar-refractivity contribution in [3.8, 4) is 0 Å². The zero-order chi connectivity index (χ0) is 15.8. The zero-order valence-electron chi connectivity index (χ0n) is 13.6. The highest BCUT2D eigenvalue weighted by atomic mass is 32.1. The first-order valence-electron chi connectivity index (χ1n) is 8.61. The number of aryl methyl sites for hydroxylation is 1. The number of carbonyl (C=O) groups excluding carboxylic acids is 1. The van der Waals surface area contributed by atoms with E-state index in [1.54, 1.807) is 0 Å². The predicted octanol–water partition coefficient (Wildman–Crippen LogP) is 3.37. The number of amides is 1. The fourth-order valence-corrected chi connectivity index (χ4v) is 3.35. The number of nitrogens with zero attached hydrogens (tertiary/aromatic N) is 2. The van der Waals surface area contributed by atoms with Crippen LogP contribution in [0.4, 0.5) is 0 Å². The van der Waals surface area contributed by atoms with E-state index in [0.29, 0.717) is 10.7 Å². The molecule has 0 bridgehead atoms. The van der Waals surface area contributed by atoms with E-state index in [2.05, 4.69) is 22.4 Å². The van der Waals surface area contributed by atoms with E-state index < -0.39 is 0 Å². The topological polar surface area (TPSA) is 62.7 Å². The Morgan fingerprint density at radius 1 is 1.32 bits per heavy atom. The van der Waals surface area contributed by atoms with Gasteiger partial charge in [0.2, 0.25) is 5.91 Å². The Bertz CT molecular complexity index is 514. The van der Waals surface area contributed by atoms with E-state index in [4.69, 9.17) is 12.2 Å². The molecule has 1 aromatic heterocycles. The van der Waals surface area contributed by atoms with Crippen molar-refractivity contribution in [1.82, 2.24) is 20.1 Å². The SMILES string of the molecule is CCCc1n[nH]c(=S)n1CC(=O)NCC1CCCCCCC1. The summed E-state index contributed by atoms with van der Waals surface area (Å²) in [5, 5.41) is 10.1. The van der Waals surface area contributed by atoms with Gasteiger partial charge in [-0.3, -0.25) is 14.5 Å². The molecule has 6 heteroatoms. The lowest BCUT2D eigenvalue weighted by Crippen LogP contribution is -2.32. The van der Waals surface area contributed by atoms with Crippen LogP contribution in [0.2, 0.25) is 0 Å². The van der Waals surface area contributed by atoms with E-state index in [-0.39, 0.29) is 12.5 Å². The van der Waals surface area contributed by atoms with Crippen LogP contribution in [-0.4, -0.2) is 27.2 Å². The molecule has 1 saturated carbocycles. The van der Waals surface area contributed by atoms with Crippen LogP contribution in [-0.2, 0) is 17.8 Å². The number of carbonyl (C=O) groups is 1. The van der Waals surface area contributed by atoms with Crippen molar-refractivity contribution < 1.29 is 4.79 Å². The fourth-order valence-electron chi connectivity index (χ4n) is 3.13. The average molecular weight is 324 g/mol. The molecule has 0 radical (unpaired) electrons. The normalized spacial score (nSPS) is 17.0. The second-order valence-electron chi connectivity index (χ2n) is 6.30. The maximum absolute atomic E-state index is 12.2. The third-order valence-electron chi connectivity index (χ3n) is 4.43. The van der Waals surface area contributed by atoms with Crippen molar-refractivity contribution >= 4 is 18.1 Å². The van der Waals surface area contributed by atoms with E-state index in [9.17, 15) is 4.79 Å². The van der Waals surface area contributed by atoms with Gasteiger partial charge in [-0.25, -0.2) is 0 Å². The smallest absolute Gasteiger partial charge is 0.240 e. The number of aromatic amines is 1. The quantitative estimate of drug-likeness (QED) is 0.789. The van der Waals surface area contributed by atoms with Crippen molar-refractivity contribution in [1.29, 1.82) is 0 Å². The minimum absolute atomic E-state index is 0.0388. The summed E-state index contributed by atoms with van der Waals surface area (Å²) in [6, 6.07) is 0. The van der Waals surface area contributed by atoms with Gasteiger partial charge in [0.05, 0.1) is 0 Å². The molecule has 124 valence electrons. The molecule has 1 aliphatic rings. The highest BCUT2D eigenvalue weighted by molar-refractivity contribution is 7.71. The molecular formula is C16H28N4OS. The van der Waals surface area contributed by atoms with Gasteiger partial charge in [-0.2, -0.15) is 5.10 Å². The molecule has 5 nitrogen and oxygen atoms in total. The molecule has 0 aliphatic heterocycles. The van der Waals surface area contributed by atoms with Crippen LogP contribution in [0.1, 0.15) is 64.1 Å². The molecule has 1 amide bonds. The Morgan fingerprint density at radius 3 is 2.68 bits per heavy atom. The first-order valence-corrected chi connectivity index (χ1v) is 9.02. The van der Waals surface area contributed by atoms with Gasteiger partial charge < -0.3 is 5.32 Å². The lowest BCUT2D eigenvalue weighted by molar-refractivity contribution is -0.121. The van der Waals surface area contributed by atoms with Gasteiger partial charge in [-0.15, -0.1) is 0 Å². The van der Waals surface area contributed by atoms with Crippen molar-refractivity contribution in [2.75, 3.05) is 6.54 Å². The molecule has 0 aromatic carbocycles. The van der Waals surface area contributed by atoms with Crippen molar-refractivity contribution in [3.63, 3.8) is 0 Å². The number of hydrogen-bond donors (Lipinski definition) is 2. The van der Waals surface area contributed by atoms with Gasteiger partial charge >= 0.3 is 0 Å². The molecule has 1 heterocycles. The Hall–Kier alpha value is -1.17. The molecule has 0 saturated heterocycles. The van der Waals surface area contributed by atoms with Gasteiger partial charge in [0.1, 0.15) is 12.4 Å². The number of nitrogens with one attached hydrogen (secondary N) is 2. The Balaban J connectivity index is 1.82. The molecule has 2 rings (SSSR count). The minimum atomic E-state index is 0.0388. The van der Waals surface area contributed by atoms with Crippen LogP contribution in [0.25, 0.3) is 0 Å². The summed E-state index contributed by atoms with van der Waals surface area (Å²) in [7, 11) is 0. The van der Waals surface area contributed by atoms with Crippen molar-refractivity contribution in [2.45, 2.75) is 71.3 Å². The van der Waals surface area contributed by atoms with Crippen molar-refractivity contribution in [2.24, 2.45) is 5.92 Å². The number of H-pyrrole nitrogens is 1. The number of hydrogen-bond acceptors (Lipinski definition) is 3. The summed E-state index contributed by atoms with van der Waals surface area (Å²) in [5.74, 6) is 1.54. The number of rotatable bonds is 6. The predicted molar refractivity (Wildman–Crippen MR) is 90.2 cm³/mol. The molecule has 1 aromatic rings. The largest absolute Gasteiger partial charge is 0.354 e.